The van der Waals surface area contributed by atoms with Gasteiger partial charge in [0.15, 0.2) is 0 Å². The molecular formula is C15H13N3O2. The van der Waals surface area contributed by atoms with Crippen molar-refractivity contribution in [1.82, 2.24) is 15.0 Å². The SMILES string of the molecule is Cc1ccc(C)c(-c2nc3ccncc3[nH]2)c1C(=O)O. The minimum Gasteiger partial charge on any atom is -0.478 e. The van der Waals surface area contributed by atoms with Crippen LogP contribution in [0.15, 0.2) is 30.6 Å². The highest BCUT2D eigenvalue weighted by molar-refractivity contribution is 5.98. The largest absolute Gasteiger partial charge is 0.478 e. The number of carbonyl (C=O) groups is 1. The van der Waals surface area contributed by atoms with E-state index in [0.717, 1.165) is 22.2 Å². The number of aromatic nitrogens is 3. The molecule has 0 aliphatic carbocycles. The molecule has 0 radical (unpaired) electrons. The number of H-pyrrole nitrogens is 1. The average Bonchev–Trinajstić information content (AvgIpc) is 2.83. The highest BCUT2D eigenvalue weighted by Gasteiger charge is 2.19. The van der Waals surface area contributed by atoms with Crippen LogP contribution in [-0.4, -0.2) is 26.0 Å². The number of hydrogen-bond acceptors (Lipinski definition) is 3. The molecule has 0 saturated carbocycles. The lowest BCUT2D eigenvalue weighted by Gasteiger charge is -2.10. The molecule has 2 heterocycles. The van der Waals surface area contributed by atoms with Crippen LogP contribution in [0.2, 0.25) is 0 Å². The number of benzene rings is 1. The van der Waals surface area contributed by atoms with Crippen LogP contribution in [0.1, 0.15) is 21.5 Å². The van der Waals surface area contributed by atoms with Crippen LogP contribution in [0.5, 0.6) is 0 Å². The molecule has 0 unspecified atom stereocenters. The monoisotopic (exact) mass is 267 g/mol. The standard InChI is InChI=1S/C15H13N3O2/c1-8-3-4-9(2)13(15(19)20)12(8)14-17-10-5-6-16-7-11(10)18-14/h3-7H,1-2H3,(H,17,18)(H,19,20). The van der Waals surface area contributed by atoms with Gasteiger partial charge in [-0.25, -0.2) is 9.78 Å². The predicted octanol–water partition coefficient (Wildman–Crippen LogP) is 2.94. The van der Waals surface area contributed by atoms with Crippen molar-refractivity contribution < 1.29 is 9.90 Å². The summed E-state index contributed by atoms with van der Waals surface area (Å²) in [7, 11) is 0. The molecule has 5 heteroatoms. The van der Waals surface area contributed by atoms with Gasteiger partial charge in [0.05, 0.1) is 22.8 Å². The fraction of sp³-hybridized carbons (Fsp3) is 0.133. The number of imidazole rings is 1. The smallest absolute Gasteiger partial charge is 0.336 e. The first-order valence-electron chi connectivity index (χ1n) is 6.21. The molecule has 2 N–H and O–H groups in total. The summed E-state index contributed by atoms with van der Waals surface area (Å²) >= 11 is 0. The van der Waals surface area contributed by atoms with Crippen LogP contribution in [0.4, 0.5) is 0 Å². The molecular weight excluding hydrogens is 254 g/mol. The van der Waals surface area contributed by atoms with E-state index >= 15 is 0 Å². The van der Waals surface area contributed by atoms with Crippen LogP contribution in [-0.2, 0) is 0 Å². The number of rotatable bonds is 2. The molecule has 0 bridgehead atoms. The number of nitrogens with one attached hydrogen (secondary N) is 1. The van der Waals surface area contributed by atoms with E-state index in [9.17, 15) is 9.90 Å². The van der Waals surface area contributed by atoms with Crippen LogP contribution in [0, 0.1) is 13.8 Å². The Bertz CT molecular complexity index is 788. The van der Waals surface area contributed by atoms with Crippen molar-refractivity contribution >= 4 is 17.0 Å². The third-order valence-electron chi connectivity index (χ3n) is 3.36. The Morgan fingerprint density at radius 2 is 1.95 bits per heavy atom. The minimum atomic E-state index is -0.945. The maximum Gasteiger partial charge on any atom is 0.336 e. The second kappa shape index (κ2) is 4.45. The van der Waals surface area contributed by atoms with Crippen LogP contribution in [0.25, 0.3) is 22.4 Å². The van der Waals surface area contributed by atoms with Gasteiger partial charge >= 0.3 is 5.97 Å². The normalized spacial score (nSPS) is 10.9. The first-order chi connectivity index (χ1) is 9.58. The molecule has 0 spiro atoms. The second-order valence-corrected chi connectivity index (χ2v) is 4.73. The van der Waals surface area contributed by atoms with E-state index in [2.05, 4.69) is 15.0 Å². The average molecular weight is 267 g/mol. The van der Waals surface area contributed by atoms with Crippen LogP contribution < -0.4 is 0 Å². The van der Waals surface area contributed by atoms with E-state index in [0.29, 0.717) is 11.4 Å². The van der Waals surface area contributed by atoms with Crippen molar-refractivity contribution in [1.29, 1.82) is 0 Å². The van der Waals surface area contributed by atoms with E-state index in [1.807, 2.05) is 19.1 Å². The first kappa shape index (κ1) is 12.3. The summed E-state index contributed by atoms with van der Waals surface area (Å²) in [6.45, 7) is 3.67. The zero-order valence-electron chi connectivity index (χ0n) is 11.1. The van der Waals surface area contributed by atoms with E-state index in [4.69, 9.17) is 0 Å². The van der Waals surface area contributed by atoms with Gasteiger partial charge < -0.3 is 10.1 Å². The third kappa shape index (κ3) is 1.84. The molecule has 0 aliphatic rings. The van der Waals surface area contributed by atoms with Crippen molar-refractivity contribution in [2.24, 2.45) is 0 Å². The summed E-state index contributed by atoms with van der Waals surface area (Å²) < 4.78 is 0. The number of aromatic carboxylic acids is 1. The van der Waals surface area contributed by atoms with Crippen molar-refractivity contribution in [3.8, 4) is 11.4 Å². The van der Waals surface area contributed by atoms with Crippen LogP contribution in [0.3, 0.4) is 0 Å². The Morgan fingerprint density at radius 1 is 1.20 bits per heavy atom. The minimum absolute atomic E-state index is 0.289. The Morgan fingerprint density at radius 3 is 2.65 bits per heavy atom. The molecule has 0 amide bonds. The van der Waals surface area contributed by atoms with Crippen molar-refractivity contribution in [3.63, 3.8) is 0 Å². The Labute approximate surface area is 115 Å². The highest BCUT2D eigenvalue weighted by atomic mass is 16.4. The Balaban J connectivity index is 2.33. The topological polar surface area (TPSA) is 78.9 Å². The Hall–Kier alpha value is -2.69. The van der Waals surface area contributed by atoms with Gasteiger partial charge in [0, 0.05) is 11.8 Å². The van der Waals surface area contributed by atoms with Crippen LogP contribution >= 0.6 is 0 Å². The van der Waals surface area contributed by atoms with Gasteiger partial charge in [0.25, 0.3) is 0 Å². The van der Waals surface area contributed by atoms with Gasteiger partial charge in [-0.3, -0.25) is 4.98 Å². The number of nitrogens with zero attached hydrogens (tertiary/aromatic N) is 2. The molecule has 1 aromatic carbocycles. The van der Waals surface area contributed by atoms with Gasteiger partial charge in [0.2, 0.25) is 0 Å². The molecule has 2 aromatic heterocycles. The van der Waals surface area contributed by atoms with E-state index in [-0.39, 0.29) is 5.56 Å². The summed E-state index contributed by atoms with van der Waals surface area (Å²) in [5.41, 5.74) is 4.08. The summed E-state index contributed by atoms with van der Waals surface area (Å²) in [4.78, 5) is 23.2. The van der Waals surface area contributed by atoms with Gasteiger partial charge in [-0.05, 0) is 31.0 Å². The maximum atomic E-state index is 11.5. The lowest BCUT2D eigenvalue weighted by molar-refractivity contribution is 0.0697. The molecule has 100 valence electrons. The summed E-state index contributed by atoms with van der Waals surface area (Å²) in [6, 6.07) is 5.51. The van der Waals surface area contributed by atoms with Gasteiger partial charge in [-0.2, -0.15) is 0 Å². The quantitative estimate of drug-likeness (QED) is 0.748. The van der Waals surface area contributed by atoms with Crippen molar-refractivity contribution in [3.05, 3.63) is 47.3 Å². The van der Waals surface area contributed by atoms with Crippen molar-refractivity contribution in [2.45, 2.75) is 13.8 Å². The molecule has 20 heavy (non-hydrogen) atoms. The van der Waals surface area contributed by atoms with E-state index in [1.54, 1.807) is 25.4 Å². The van der Waals surface area contributed by atoms with Crippen molar-refractivity contribution in [2.75, 3.05) is 0 Å². The van der Waals surface area contributed by atoms with E-state index in [1.165, 1.54) is 0 Å². The zero-order chi connectivity index (χ0) is 14.3. The summed E-state index contributed by atoms with van der Waals surface area (Å²) in [5.74, 6) is -0.383. The number of hydrogen-bond donors (Lipinski definition) is 2. The number of aryl methyl sites for hydroxylation is 2. The summed E-state index contributed by atoms with van der Waals surface area (Å²) in [6.07, 6.45) is 3.34. The van der Waals surface area contributed by atoms with E-state index < -0.39 is 5.97 Å². The lowest BCUT2D eigenvalue weighted by atomic mass is 9.97. The molecule has 0 aliphatic heterocycles. The molecule has 0 saturated heterocycles. The second-order valence-electron chi connectivity index (χ2n) is 4.73. The fourth-order valence-electron chi connectivity index (χ4n) is 2.37. The number of aromatic amines is 1. The molecule has 3 aromatic rings. The fourth-order valence-corrected chi connectivity index (χ4v) is 2.37. The Kier molecular flexibility index (Phi) is 2.75. The maximum absolute atomic E-state index is 11.5. The third-order valence-corrected chi connectivity index (χ3v) is 3.36. The zero-order valence-corrected chi connectivity index (χ0v) is 11.1. The number of pyridine rings is 1. The summed E-state index contributed by atoms with van der Waals surface area (Å²) in [5, 5.41) is 9.45. The lowest BCUT2D eigenvalue weighted by Crippen LogP contribution is -2.05. The first-order valence-corrected chi connectivity index (χ1v) is 6.21. The molecule has 0 atom stereocenters. The molecule has 3 rings (SSSR count). The van der Waals surface area contributed by atoms with Gasteiger partial charge in [0.1, 0.15) is 5.82 Å². The predicted molar refractivity (Wildman–Crippen MR) is 75.8 cm³/mol. The molecule has 5 nitrogen and oxygen atoms in total. The van der Waals surface area contributed by atoms with Gasteiger partial charge in [-0.1, -0.05) is 12.1 Å². The van der Waals surface area contributed by atoms with Gasteiger partial charge in [-0.15, -0.1) is 0 Å². The molecule has 0 fully saturated rings. The highest BCUT2D eigenvalue weighted by Crippen LogP contribution is 2.29. The number of carboxylic acids is 1. The number of fused-ring (bicyclic) bond motifs is 1. The number of carboxylic acid groups (broad SMARTS) is 1.